The van der Waals surface area contributed by atoms with Gasteiger partial charge in [-0.05, 0) is 76.4 Å². The fraction of sp³-hybridized carbons (Fsp3) is 0.143. The Morgan fingerprint density at radius 1 is 1.15 bits per heavy atom. The zero-order valence-electron chi connectivity index (χ0n) is 14.9. The van der Waals surface area contributed by atoms with Crippen LogP contribution >= 0.6 is 15.9 Å². The molecular weight excluding hydrogens is 408 g/mol. The number of rotatable bonds is 5. The molecule has 5 nitrogen and oxygen atoms in total. The number of hydrogen-bond acceptors (Lipinski definition) is 4. The number of fused-ring (bicyclic) bond motifs is 1. The minimum atomic E-state index is -0.478. The number of phenolic OH excluding ortho intramolecular Hbond substituents is 1. The van der Waals surface area contributed by atoms with Gasteiger partial charge < -0.3 is 9.84 Å². The van der Waals surface area contributed by atoms with Gasteiger partial charge in [0.25, 0.3) is 5.91 Å². The van der Waals surface area contributed by atoms with E-state index in [0.29, 0.717) is 0 Å². The average molecular weight is 427 g/mol. The quantitative estimate of drug-likeness (QED) is 0.451. The molecule has 0 radical (unpaired) electrons. The second-order valence-electron chi connectivity index (χ2n) is 6.27. The molecule has 0 unspecified atom stereocenters. The van der Waals surface area contributed by atoms with Crippen LogP contribution in [0.1, 0.15) is 29.8 Å². The molecular formula is C21H19BrN2O3. The van der Waals surface area contributed by atoms with E-state index in [0.717, 1.165) is 26.6 Å². The second-order valence-corrected chi connectivity index (χ2v) is 7.13. The highest BCUT2D eigenvalue weighted by Gasteiger charge is 2.11. The first kappa shape index (κ1) is 18.9. The molecule has 0 fully saturated rings. The Bertz CT molecular complexity index is 1020. The van der Waals surface area contributed by atoms with Crippen LogP contribution < -0.4 is 10.2 Å². The molecule has 0 aliphatic rings. The maximum atomic E-state index is 12.3. The van der Waals surface area contributed by atoms with Crippen LogP contribution in [-0.2, 0) is 0 Å². The van der Waals surface area contributed by atoms with E-state index in [4.69, 9.17) is 4.74 Å². The third kappa shape index (κ3) is 4.65. The summed E-state index contributed by atoms with van der Waals surface area (Å²) >= 11 is 3.46. The number of phenols is 1. The Morgan fingerprint density at radius 3 is 2.52 bits per heavy atom. The summed E-state index contributed by atoms with van der Waals surface area (Å²) in [6.45, 7) is 3.92. The van der Waals surface area contributed by atoms with E-state index in [1.54, 1.807) is 12.1 Å². The van der Waals surface area contributed by atoms with Crippen LogP contribution in [-0.4, -0.2) is 23.3 Å². The maximum absolute atomic E-state index is 12.3. The average Bonchev–Trinajstić information content (AvgIpc) is 2.63. The van der Waals surface area contributed by atoms with E-state index in [-0.39, 0.29) is 17.4 Å². The number of carbonyl (C=O) groups is 1. The smallest absolute Gasteiger partial charge is 0.275 e. The van der Waals surface area contributed by atoms with Crippen molar-refractivity contribution in [2.24, 2.45) is 5.10 Å². The highest BCUT2D eigenvalue weighted by Crippen LogP contribution is 2.27. The lowest BCUT2D eigenvalue weighted by atomic mass is 10.1. The Kier molecular flexibility index (Phi) is 5.76. The van der Waals surface area contributed by atoms with E-state index in [9.17, 15) is 9.90 Å². The zero-order chi connectivity index (χ0) is 19.4. The Morgan fingerprint density at radius 2 is 1.85 bits per heavy atom. The van der Waals surface area contributed by atoms with Crippen molar-refractivity contribution in [1.82, 2.24) is 5.43 Å². The predicted molar refractivity (Wildman–Crippen MR) is 111 cm³/mol. The van der Waals surface area contributed by atoms with E-state index >= 15 is 0 Å². The molecule has 0 atom stereocenters. The number of nitrogens with zero attached hydrogens (tertiary/aromatic N) is 1. The van der Waals surface area contributed by atoms with E-state index in [1.165, 1.54) is 6.21 Å². The summed E-state index contributed by atoms with van der Waals surface area (Å²) in [7, 11) is 0. The minimum absolute atomic E-state index is 0.0785. The standard InChI is InChI=1S/C21H19BrN2O3/c1-13(2)27-20-8-7-14(9-18(20)22)12-23-24-21(26)17-10-15-5-3-4-6-16(15)11-19(17)25/h3-13,25H,1-2H3,(H,24,26). The molecule has 6 heteroatoms. The summed E-state index contributed by atoms with van der Waals surface area (Å²) in [5, 5.41) is 15.8. The van der Waals surface area contributed by atoms with Crippen LogP contribution in [0.25, 0.3) is 10.8 Å². The Hall–Kier alpha value is -2.86. The number of hydrogen-bond donors (Lipinski definition) is 2. The molecule has 3 aromatic carbocycles. The van der Waals surface area contributed by atoms with Gasteiger partial charge in [0.15, 0.2) is 0 Å². The second kappa shape index (κ2) is 8.22. The lowest BCUT2D eigenvalue weighted by molar-refractivity contribution is 0.0952. The van der Waals surface area contributed by atoms with Crippen LogP contribution in [0.3, 0.4) is 0 Å². The molecule has 2 N–H and O–H groups in total. The molecule has 0 heterocycles. The molecule has 0 spiro atoms. The third-order valence-corrected chi connectivity index (χ3v) is 4.43. The first-order valence-corrected chi connectivity index (χ1v) is 9.24. The first-order valence-electron chi connectivity index (χ1n) is 8.45. The normalized spacial score (nSPS) is 11.3. The summed E-state index contributed by atoms with van der Waals surface area (Å²) in [6.07, 6.45) is 1.61. The van der Waals surface area contributed by atoms with Gasteiger partial charge in [-0.2, -0.15) is 5.10 Å². The topological polar surface area (TPSA) is 70.9 Å². The molecule has 0 aliphatic heterocycles. The van der Waals surface area contributed by atoms with E-state index in [2.05, 4.69) is 26.5 Å². The maximum Gasteiger partial charge on any atom is 0.275 e. The molecule has 0 saturated carbocycles. The molecule has 0 bridgehead atoms. The van der Waals surface area contributed by atoms with Gasteiger partial charge in [-0.15, -0.1) is 0 Å². The summed E-state index contributed by atoms with van der Waals surface area (Å²) < 4.78 is 6.46. The Labute approximate surface area is 165 Å². The van der Waals surface area contributed by atoms with Crippen LogP contribution in [0.4, 0.5) is 0 Å². The van der Waals surface area contributed by atoms with Crippen LogP contribution in [0.15, 0.2) is 64.2 Å². The summed E-state index contributed by atoms with van der Waals surface area (Å²) in [5.41, 5.74) is 3.41. The van der Waals surface area contributed by atoms with Gasteiger partial charge in [0.2, 0.25) is 0 Å². The van der Waals surface area contributed by atoms with Gasteiger partial charge >= 0.3 is 0 Å². The number of benzene rings is 3. The molecule has 3 rings (SSSR count). The SMILES string of the molecule is CC(C)Oc1ccc(C=NNC(=O)c2cc3ccccc3cc2O)cc1Br. The van der Waals surface area contributed by atoms with Gasteiger partial charge in [-0.25, -0.2) is 5.43 Å². The number of ether oxygens (including phenoxy) is 1. The van der Waals surface area contributed by atoms with Gasteiger partial charge in [-0.3, -0.25) is 4.79 Å². The monoisotopic (exact) mass is 426 g/mol. The summed E-state index contributed by atoms with van der Waals surface area (Å²) in [5.74, 6) is 0.180. The van der Waals surface area contributed by atoms with Crippen molar-refractivity contribution in [1.29, 1.82) is 0 Å². The van der Waals surface area contributed by atoms with Crippen molar-refractivity contribution in [2.75, 3.05) is 0 Å². The minimum Gasteiger partial charge on any atom is -0.507 e. The van der Waals surface area contributed by atoms with E-state index < -0.39 is 5.91 Å². The van der Waals surface area contributed by atoms with Crippen molar-refractivity contribution in [3.63, 3.8) is 0 Å². The predicted octanol–water partition coefficient (Wildman–Crippen LogP) is 4.86. The number of amides is 1. The first-order chi connectivity index (χ1) is 12.9. The highest BCUT2D eigenvalue weighted by atomic mass is 79.9. The lowest BCUT2D eigenvalue weighted by Gasteiger charge is -2.11. The molecule has 3 aromatic rings. The fourth-order valence-electron chi connectivity index (χ4n) is 2.58. The van der Waals surface area contributed by atoms with Crippen molar-refractivity contribution in [3.8, 4) is 11.5 Å². The zero-order valence-corrected chi connectivity index (χ0v) is 16.5. The number of hydrazone groups is 1. The molecule has 1 amide bonds. The number of nitrogens with one attached hydrogen (secondary N) is 1. The molecule has 0 aliphatic carbocycles. The van der Waals surface area contributed by atoms with Crippen LogP contribution in [0.2, 0.25) is 0 Å². The van der Waals surface area contributed by atoms with Crippen molar-refractivity contribution in [3.05, 3.63) is 70.2 Å². The lowest BCUT2D eigenvalue weighted by Crippen LogP contribution is -2.17. The highest BCUT2D eigenvalue weighted by molar-refractivity contribution is 9.10. The van der Waals surface area contributed by atoms with Gasteiger partial charge in [0.1, 0.15) is 11.5 Å². The number of halogens is 1. The van der Waals surface area contributed by atoms with Crippen molar-refractivity contribution < 1.29 is 14.6 Å². The van der Waals surface area contributed by atoms with Gasteiger partial charge in [0, 0.05) is 0 Å². The van der Waals surface area contributed by atoms with Crippen LogP contribution in [0.5, 0.6) is 11.5 Å². The molecule has 0 saturated heterocycles. The summed E-state index contributed by atoms with van der Waals surface area (Å²) in [6, 6.07) is 16.2. The van der Waals surface area contributed by atoms with Gasteiger partial charge in [-0.1, -0.05) is 24.3 Å². The third-order valence-electron chi connectivity index (χ3n) is 3.81. The largest absolute Gasteiger partial charge is 0.507 e. The fourth-order valence-corrected chi connectivity index (χ4v) is 3.07. The number of carbonyl (C=O) groups excluding carboxylic acids is 1. The van der Waals surface area contributed by atoms with Crippen molar-refractivity contribution >= 4 is 38.8 Å². The van der Waals surface area contributed by atoms with Gasteiger partial charge in [0.05, 0.1) is 22.4 Å². The number of aromatic hydroxyl groups is 1. The van der Waals surface area contributed by atoms with Crippen molar-refractivity contribution in [2.45, 2.75) is 20.0 Å². The van der Waals surface area contributed by atoms with Crippen LogP contribution in [0, 0.1) is 0 Å². The molecule has 0 aromatic heterocycles. The van der Waals surface area contributed by atoms with E-state index in [1.807, 2.05) is 56.3 Å². The Balaban J connectivity index is 1.72. The summed E-state index contributed by atoms with van der Waals surface area (Å²) in [4.78, 5) is 12.3. The molecule has 138 valence electrons. The molecule has 27 heavy (non-hydrogen) atoms.